The van der Waals surface area contributed by atoms with Crippen molar-refractivity contribution in [2.24, 2.45) is 0 Å². The van der Waals surface area contributed by atoms with Crippen molar-refractivity contribution >= 4 is 17.3 Å². The first-order valence-corrected chi connectivity index (χ1v) is 6.53. The molecule has 2 N–H and O–H groups in total. The van der Waals surface area contributed by atoms with Crippen molar-refractivity contribution in [3.8, 4) is 5.69 Å². The summed E-state index contributed by atoms with van der Waals surface area (Å²) >= 11 is 0. The number of para-hydroxylation sites is 1. The van der Waals surface area contributed by atoms with Gasteiger partial charge >= 0.3 is 5.97 Å². The highest BCUT2D eigenvalue weighted by Crippen LogP contribution is 2.22. The van der Waals surface area contributed by atoms with Gasteiger partial charge in [0.1, 0.15) is 5.82 Å². The molecule has 0 radical (unpaired) electrons. The minimum absolute atomic E-state index is 0.132. The van der Waals surface area contributed by atoms with Crippen LogP contribution in [0.3, 0.4) is 0 Å². The van der Waals surface area contributed by atoms with Crippen molar-refractivity contribution in [3.05, 3.63) is 72.3 Å². The van der Waals surface area contributed by atoms with Gasteiger partial charge in [-0.2, -0.15) is 5.10 Å². The number of carboxylic acid groups (broad SMARTS) is 1. The fourth-order valence-corrected chi connectivity index (χ4v) is 2.07. The molecular formula is C16H12FN3O2. The molecule has 3 aromatic rings. The smallest absolute Gasteiger partial charge is 0.337 e. The molecule has 0 aliphatic heterocycles. The summed E-state index contributed by atoms with van der Waals surface area (Å²) in [5.74, 6) is -1.79. The first-order valence-electron chi connectivity index (χ1n) is 6.53. The Morgan fingerprint density at radius 2 is 1.95 bits per heavy atom. The second-order valence-corrected chi connectivity index (χ2v) is 4.63. The van der Waals surface area contributed by atoms with E-state index in [4.69, 9.17) is 5.11 Å². The lowest BCUT2D eigenvalue weighted by atomic mass is 10.1. The Kier molecular flexibility index (Phi) is 3.57. The van der Waals surface area contributed by atoms with Crippen molar-refractivity contribution in [1.82, 2.24) is 9.78 Å². The number of aromatic nitrogens is 2. The zero-order valence-corrected chi connectivity index (χ0v) is 11.4. The lowest BCUT2D eigenvalue weighted by molar-refractivity contribution is 0.0697. The number of benzene rings is 2. The van der Waals surface area contributed by atoms with Crippen LogP contribution in [-0.2, 0) is 0 Å². The van der Waals surface area contributed by atoms with Crippen molar-refractivity contribution in [3.63, 3.8) is 0 Å². The van der Waals surface area contributed by atoms with Gasteiger partial charge in [-0.25, -0.2) is 13.9 Å². The summed E-state index contributed by atoms with van der Waals surface area (Å²) in [7, 11) is 0. The Morgan fingerprint density at radius 1 is 1.18 bits per heavy atom. The van der Waals surface area contributed by atoms with Crippen LogP contribution in [0.1, 0.15) is 10.4 Å². The van der Waals surface area contributed by atoms with Crippen LogP contribution in [0.15, 0.2) is 60.9 Å². The van der Waals surface area contributed by atoms with Crippen molar-refractivity contribution < 1.29 is 14.3 Å². The summed E-state index contributed by atoms with van der Waals surface area (Å²) in [6.45, 7) is 0. The zero-order chi connectivity index (χ0) is 15.5. The lowest BCUT2D eigenvalue weighted by Gasteiger charge is -2.07. The molecular weight excluding hydrogens is 285 g/mol. The zero-order valence-electron chi connectivity index (χ0n) is 11.4. The minimum Gasteiger partial charge on any atom is -0.478 e. The number of aromatic carboxylic acids is 1. The van der Waals surface area contributed by atoms with E-state index in [9.17, 15) is 9.18 Å². The number of hydrogen-bond acceptors (Lipinski definition) is 3. The fraction of sp³-hybridized carbons (Fsp3) is 0. The largest absolute Gasteiger partial charge is 0.478 e. The number of hydrogen-bond donors (Lipinski definition) is 2. The number of nitrogens with zero attached hydrogens (tertiary/aromatic N) is 2. The third-order valence-corrected chi connectivity index (χ3v) is 3.09. The molecule has 3 rings (SSSR count). The molecule has 0 aliphatic rings. The first kappa shape index (κ1) is 13.8. The van der Waals surface area contributed by atoms with E-state index in [1.54, 1.807) is 17.1 Å². The number of carbonyl (C=O) groups is 1. The van der Waals surface area contributed by atoms with Crippen LogP contribution in [-0.4, -0.2) is 20.9 Å². The molecule has 6 heteroatoms. The summed E-state index contributed by atoms with van der Waals surface area (Å²) < 4.78 is 14.8. The third-order valence-electron chi connectivity index (χ3n) is 3.09. The van der Waals surface area contributed by atoms with E-state index in [0.717, 1.165) is 11.8 Å². The molecule has 110 valence electrons. The van der Waals surface area contributed by atoms with Crippen LogP contribution in [0.5, 0.6) is 0 Å². The molecule has 0 fully saturated rings. The quantitative estimate of drug-likeness (QED) is 0.774. The highest BCUT2D eigenvalue weighted by atomic mass is 19.1. The molecule has 0 amide bonds. The molecule has 2 aromatic carbocycles. The van der Waals surface area contributed by atoms with E-state index in [1.165, 1.54) is 12.1 Å². The molecule has 5 nitrogen and oxygen atoms in total. The number of nitrogens with one attached hydrogen (secondary N) is 1. The normalized spacial score (nSPS) is 10.4. The molecule has 0 bridgehead atoms. The predicted octanol–water partition coefficient (Wildman–Crippen LogP) is 3.45. The predicted molar refractivity (Wildman–Crippen MR) is 80.2 cm³/mol. The molecule has 1 aromatic heterocycles. The highest BCUT2D eigenvalue weighted by Gasteiger charge is 2.12. The summed E-state index contributed by atoms with van der Waals surface area (Å²) in [6, 6.07) is 13.1. The first-order chi connectivity index (χ1) is 10.6. The Morgan fingerprint density at radius 3 is 2.68 bits per heavy atom. The van der Waals surface area contributed by atoms with Gasteiger partial charge in [-0.1, -0.05) is 18.2 Å². The summed E-state index contributed by atoms with van der Waals surface area (Å²) in [5, 5.41) is 16.3. The van der Waals surface area contributed by atoms with E-state index in [1.807, 2.05) is 30.3 Å². The van der Waals surface area contributed by atoms with Crippen LogP contribution in [0.2, 0.25) is 0 Å². The van der Waals surface area contributed by atoms with Gasteiger partial charge in [0.25, 0.3) is 0 Å². The van der Waals surface area contributed by atoms with E-state index in [0.29, 0.717) is 11.4 Å². The molecule has 0 atom stereocenters. The van der Waals surface area contributed by atoms with Crippen LogP contribution in [0.25, 0.3) is 5.69 Å². The van der Waals surface area contributed by atoms with Gasteiger partial charge in [0, 0.05) is 0 Å². The van der Waals surface area contributed by atoms with E-state index in [-0.39, 0.29) is 5.56 Å². The Bertz CT molecular complexity index is 815. The van der Waals surface area contributed by atoms with Crippen molar-refractivity contribution in [1.29, 1.82) is 0 Å². The second kappa shape index (κ2) is 5.69. The van der Waals surface area contributed by atoms with Gasteiger partial charge < -0.3 is 10.4 Å². The molecule has 1 heterocycles. The van der Waals surface area contributed by atoms with E-state index >= 15 is 0 Å². The Hall–Kier alpha value is -3.15. The van der Waals surface area contributed by atoms with Gasteiger partial charge in [-0.3, -0.25) is 0 Å². The van der Waals surface area contributed by atoms with Crippen molar-refractivity contribution in [2.75, 3.05) is 5.32 Å². The standard InChI is InChI=1S/C16H12FN3O2/c17-11-6-7-15(14(8-11)16(21)22)19-12-9-18-20(10-12)13-4-2-1-3-5-13/h1-10,19H,(H,21,22). The summed E-state index contributed by atoms with van der Waals surface area (Å²) in [5.41, 5.74) is 1.67. The van der Waals surface area contributed by atoms with Crippen LogP contribution >= 0.6 is 0 Å². The average Bonchev–Trinajstić information content (AvgIpc) is 2.98. The fourth-order valence-electron chi connectivity index (χ4n) is 2.07. The Labute approximate surface area is 125 Å². The van der Waals surface area contributed by atoms with E-state index < -0.39 is 11.8 Å². The molecule has 0 aliphatic carbocycles. The molecule has 0 spiro atoms. The minimum atomic E-state index is -1.20. The summed E-state index contributed by atoms with van der Waals surface area (Å²) in [6.07, 6.45) is 3.30. The topological polar surface area (TPSA) is 67.2 Å². The molecule has 0 saturated heterocycles. The number of rotatable bonds is 4. The van der Waals surface area contributed by atoms with Gasteiger partial charge in [-0.15, -0.1) is 0 Å². The van der Waals surface area contributed by atoms with Gasteiger partial charge in [-0.05, 0) is 30.3 Å². The number of anilines is 2. The Balaban J connectivity index is 1.89. The maximum Gasteiger partial charge on any atom is 0.337 e. The van der Waals surface area contributed by atoms with Crippen LogP contribution in [0.4, 0.5) is 15.8 Å². The number of carboxylic acids is 1. The SMILES string of the molecule is O=C(O)c1cc(F)ccc1Nc1cnn(-c2ccccc2)c1. The monoisotopic (exact) mass is 297 g/mol. The number of halogens is 1. The van der Waals surface area contributed by atoms with Crippen LogP contribution in [0, 0.1) is 5.82 Å². The third kappa shape index (κ3) is 2.80. The van der Waals surface area contributed by atoms with Crippen LogP contribution < -0.4 is 5.32 Å². The second-order valence-electron chi connectivity index (χ2n) is 4.63. The molecule has 0 unspecified atom stereocenters. The van der Waals surface area contributed by atoms with Crippen molar-refractivity contribution in [2.45, 2.75) is 0 Å². The molecule has 0 saturated carbocycles. The van der Waals surface area contributed by atoms with E-state index in [2.05, 4.69) is 10.4 Å². The maximum absolute atomic E-state index is 13.2. The van der Waals surface area contributed by atoms with Gasteiger partial charge in [0.15, 0.2) is 0 Å². The maximum atomic E-state index is 13.2. The highest BCUT2D eigenvalue weighted by molar-refractivity contribution is 5.95. The van der Waals surface area contributed by atoms with Gasteiger partial charge in [0.2, 0.25) is 0 Å². The van der Waals surface area contributed by atoms with Gasteiger partial charge in [0.05, 0.1) is 35.0 Å². The summed E-state index contributed by atoms with van der Waals surface area (Å²) in [4.78, 5) is 11.2. The molecule has 22 heavy (non-hydrogen) atoms. The average molecular weight is 297 g/mol. The lowest BCUT2D eigenvalue weighted by Crippen LogP contribution is -2.03.